The van der Waals surface area contributed by atoms with E-state index in [2.05, 4.69) is 9.97 Å². The standard InChI is InChI=1S/C12H12N2O2/c15-11-10-9(14-12(11)16)6-8(13-10)7-4-2-1-3-5-7/h6-7H,1-5H2. The fourth-order valence-corrected chi connectivity index (χ4v) is 2.55. The molecule has 0 aromatic carbocycles. The maximum atomic E-state index is 11.4. The van der Waals surface area contributed by atoms with E-state index in [0.717, 1.165) is 18.5 Å². The Morgan fingerprint density at radius 1 is 1.06 bits per heavy atom. The van der Waals surface area contributed by atoms with Crippen molar-refractivity contribution in [3.05, 3.63) is 32.3 Å². The maximum absolute atomic E-state index is 11.4. The molecule has 3 aliphatic rings. The Kier molecular flexibility index (Phi) is 2.09. The van der Waals surface area contributed by atoms with E-state index in [9.17, 15) is 9.59 Å². The lowest BCUT2D eigenvalue weighted by Gasteiger charge is -2.19. The third kappa shape index (κ3) is 1.37. The lowest BCUT2D eigenvalue weighted by atomic mass is 9.87. The predicted molar refractivity (Wildman–Crippen MR) is 59.4 cm³/mol. The van der Waals surface area contributed by atoms with Crippen molar-refractivity contribution >= 4 is 0 Å². The fourth-order valence-electron chi connectivity index (χ4n) is 2.55. The number of rotatable bonds is 1. The molecule has 16 heavy (non-hydrogen) atoms. The summed E-state index contributed by atoms with van der Waals surface area (Å²) in [6, 6.07) is 1.81. The van der Waals surface area contributed by atoms with Gasteiger partial charge >= 0.3 is 5.56 Å². The molecule has 0 amide bonds. The number of hydrogen-bond donors (Lipinski definition) is 0. The lowest BCUT2D eigenvalue weighted by molar-refractivity contribution is 0.438. The number of aromatic nitrogens is 2. The molecule has 0 saturated heterocycles. The summed E-state index contributed by atoms with van der Waals surface area (Å²) < 4.78 is 0. The first-order chi connectivity index (χ1) is 7.75. The zero-order valence-corrected chi connectivity index (χ0v) is 8.90. The average Bonchev–Trinajstić information content (AvgIpc) is 2.82. The molecule has 0 N–H and O–H groups in total. The molecule has 0 radical (unpaired) electrons. The molecular formula is C12H12N2O2. The monoisotopic (exact) mass is 216 g/mol. The van der Waals surface area contributed by atoms with Gasteiger partial charge in [-0.1, -0.05) is 19.3 Å². The van der Waals surface area contributed by atoms with Gasteiger partial charge in [0, 0.05) is 11.6 Å². The summed E-state index contributed by atoms with van der Waals surface area (Å²) >= 11 is 0. The van der Waals surface area contributed by atoms with Gasteiger partial charge in [0.2, 0.25) is 0 Å². The molecule has 2 aliphatic heterocycles. The summed E-state index contributed by atoms with van der Waals surface area (Å²) in [6.45, 7) is 0. The van der Waals surface area contributed by atoms with Crippen LogP contribution in [0.4, 0.5) is 0 Å². The van der Waals surface area contributed by atoms with Crippen molar-refractivity contribution in [2.45, 2.75) is 38.0 Å². The number of nitrogens with zero attached hydrogens (tertiary/aromatic N) is 2. The largest absolute Gasteiger partial charge is 0.320 e. The molecule has 1 fully saturated rings. The third-order valence-electron chi connectivity index (χ3n) is 3.42. The van der Waals surface area contributed by atoms with Gasteiger partial charge in [-0.05, 0) is 18.9 Å². The minimum Gasteiger partial charge on any atom is -0.281 e. The summed E-state index contributed by atoms with van der Waals surface area (Å²) in [5.74, 6) is 0.456. The molecule has 2 heterocycles. The van der Waals surface area contributed by atoms with E-state index in [0.29, 0.717) is 11.6 Å². The molecule has 82 valence electrons. The minimum absolute atomic E-state index is 0.269. The van der Waals surface area contributed by atoms with Crippen LogP contribution in [0.5, 0.6) is 0 Å². The van der Waals surface area contributed by atoms with E-state index < -0.39 is 11.0 Å². The molecule has 3 rings (SSSR count). The van der Waals surface area contributed by atoms with E-state index in [-0.39, 0.29) is 5.69 Å². The highest BCUT2D eigenvalue weighted by molar-refractivity contribution is 5.58. The first-order valence-electron chi connectivity index (χ1n) is 5.74. The van der Waals surface area contributed by atoms with Crippen molar-refractivity contribution in [3.63, 3.8) is 0 Å². The quantitative estimate of drug-likeness (QED) is 0.672. The second-order valence-electron chi connectivity index (χ2n) is 4.50. The average molecular weight is 216 g/mol. The van der Waals surface area contributed by atoms with Crippen LogP contribution in [-0.4, -0.2) is 9.97 Å². The lowest BCUT2D eigenvalue weighted by Crippen LogP contribution is -2.19. The summed E-state index contributed by atoms with van der Waals surface area (Å²) in [5.41, 5.74) is 0.486. The highest BCUT2D eigenvalue weighted by atomic mass is 16.2. The molecular weight excluding hydrogens is 204 g/mol. The zero-order chi connectivity index (χ0) is 11.1. The van der Waals surface area contributed by atoms with Gasteiger partial charge in [-0.15, -0.1) is 0 Å². The van der Waals surface area contributed by atoms with Crippen molar-refractivity contribution in [1.82, 2.24) is 9.97 Å². The van der Waals surface area contributed by atoms with Gasteiger partial charge in [0.05, 0.1) is 5.69 Å². The highest BCUT2D eigenvalue weighted by Crippen LogP contribution is 2.33. The Hall–Kier alpha value is -1.58. The van der Waals surface area contributed by atoms with Crippen LogP contribution in [0.15, 0.2) is 15.7 Å². The Balaban J connectivity index is 2.02. The molecule has 0 unspecified atom stereocenters. The van der Waals surface area contributed by atoms with Gasteiger partial charge in [0.15, 0.2) is 0 Å². The van der Waals surface area contributed by atoms with Crippen molar-refractivity contribution < 1.29 is 0 Å². The first-order valence-corrected chi connectivity index (χ1v) is 5.74. The molecule has 1 saturated carbocycles. The summed E-state index contributed by atoms with van der Waals surface area (Å²) in [4.78, 5) is 30.4. The van der Waals surface area contributed by atoms with Crippen LogP contribution in [0.2, 0.25) is 0 Å². The van der Waals surface area contributed by atoms with Crippen LogP contribution in [0.25, 0.3) is 11.4 Å². The molecule has 0 spiro atoms. The minimum atomic E-state index is -0.673. The van der Waals surface area contributed by atoms with Gasteiger partial charge in [-0.25, -0.2) is 9.97 Å². The van der Waals surface area contributed by atoms with E-state index in [1.165, 1.54) is 19.3 Å². The fraction of sp³-hybridized carbons (Fsp3) is 0.500. The van der Waals surface area contributed by atoms with Crippen LogP contribution >= 0.6 is 0 Å². The molecule has 4 nitrogen and oxygen atoms in total. The Labute approximate surface area is 92.4 Å². The van der Waals surface area contributed by atoms with Gasteiger partial charge in [0.25, 0.3) is 5.43 Å². The van der Waals surface area contributed by atoms with Crippen LogP contribution in [0, 0.1) is 0 Å². The van der Waals surface area contributed by atoms with Crippen LogP contribution in [0.1, 0.15) is 43.7 Å². The van der Waals surface area contributed by atoms with Gasteiger partial charge in [0.1, 0.15) is 5.69 Å². The van der Waals surface area contributed by atoms with Crippen LogP contribution in [0.3, 0.4) is 0 Å². The van der Waals surface area contributed by atoms with Gasteiger partial charge in [-0.3, -0.25) is 9.59 Å². The molecule has 0 aromatic rings. The topological polar surface area (TPSA) is 59.9 Å². The SMILES string of the molecule is O=c1nc2cc(C3CCCCC3)nc-2c1=O. The molecule has 0 atom stereocenters. The Morgan fingerprint density at radius 2 is 1.81 bits per heavy atom. The van der Waals surface area contributed by atoms with Crippen molar-refractivity contribution in [2.24, 2.45) is 0 Å². The van der Waals surface area contributed by atoms with E-state index in [4.69, 9.17) is 0 Å². The van der Waals surface area contributed by atoms with Gasteiger partial charge in [-0.2, -0.15) is 0 Å². The summed E-state index contributed by atoms with van der Waals surface area (Å²) in [6.07, 6.45) is 6.02. The van der Waals surface area contributed by atoms with Crippen LogP contribution < -0.4 is 11.0 Å². The first kappa shape index (κ1) is 9.63. The van der Waals surface area contributed by atoms with Crippen LogP contribution in [-0.2, 0) is 0 Å². The number of fused-ring (bicyclic) bond motifs is 1. The van der Waals surface area contributed by atoms with Crippen molar-refractivity contribution in [2.75, 3.05) is 0 Å². The second-order valence-corrected chi connectivity index (χ2v) is 4.50. The smallest absolute Gasteiger partial charge is 0.281 e. The third-order valence-corrected chi connectivity index (χ3v) is 3.42. The normalized spacial score (nSPS) is 18.2. The van der Waals surface area contributed by atoms with E-state index >= 15 is 0 Å². The maximum Gasteiger partial charge on any atom is 0.320 e. The Bertz CT molecular complexity index is 563. The van der Waals surface area contributed by atoms with Crippen molar-refractivity contribution in [1.29, 1.82) is 0 Å². The van der Waals surface area contributed by atoms with E-state index in [1.54, 1.807) is 0 Å². The summed E-state index contributed by atoms with van der Waals surface area (Å²) in [5, 5.41) is 0. The Morgan fingerprint density at radius 3 is 2.50 bits per heavy atom. The summed E-state index contributed by atoms with van der Waals surface area (Å²) in [7, 11) is 0. The van der Waals surface area contributed by atoms with Gasteiger partial charge < -0.3 is 0 Å². The predicted octanol–water partition coefficient (Wildman–Crippen LogP) is 1.23. The van der Waals surface area contributed by atoms with E-state index in [1.807, 2.05) is 6.07 Å². The van der Waals surface area contributed by atoms with Crippen molar-refractivity contribution in [3.8, 4) is 11.4 Å². The molecule has 0 aromatic heterocycles. The molecule has 1 aliphatic carbocycles. The second kappa shape index (κ2) is 3.47. The molecule has 4 heteroatoms. The highest BCUT2D eigenvalue weighted by Gasteiger charge is 2.24. The zero-order valence-electron chi connectivity index (χ0n) is 8.90. The molecule has 0 bridgehead atoms. The number of hydrogen-bond acceptors (Lipinski definition) is 4.